The number of piperazine rings is 1. The van der Waals surface area contributed by atoms with Crippen molar-refractivity contribution in [3.63, 3.8) is 0 Å². The van der Waals surface area contributed by atoms with E-state index in [4.69, 9.17) is 4.74 Å². The number of nitrogens with one attached hydrogen (secondary N) is 2. The number of carbonyl (C=O) groups is 2. The molecule has 4 aromatic rings. The van der Waals surface area contributed by atoms with Gasteiger partial charge in [-0.1, -0.05) is 0 Å². The van der Waals surface area contributed by atoms with E-state index in [1.807, 2.05) is 39.3 Å². The number of carbonyl (C=O) groups excluding carboxylic acids is 2. The van der Waals surface area contributed by atoms with E-state index in [-0.39, 0.29) is 35.9 Å². The van der Waals surface area contributed by atoms with Crippen LogP contribution >= 0.6 is 12.4 Å². The van der Waals surface area contributed by atoms with E-state index in [2.05, 4.69) is 20.6 Å². The van der Waals surface area contributed by atoms with Gasteiger partial charge in [-0.25, -0.2) is 14.4 Å². The fourth-order valence-corrected chi connectivity index (χ4v) is 5.19. The van der Waals surface area contributed by atoms with E-state index in [0.717, 1.165) is 24.3 Å². The van der Waals surface area contributed by atoms with Gasteiger partial charge >= 0.3 is 0 Å². The molecule has 2 amide bonds. The Morgan fingerprint density at radius 2 is 1.80 bits per heavy atom. The maximum atomic E-state index is 14.3. The Balaban J connectivity index is 0.00000337. The number of hydrogen-bond donors (Lipinski definition) is 2. The van der Waals surface area contributed by atoms with Gasteiger partial charge in [-0.05, 0) is 48.9 Å². The summed E-state index contributed by atoms with van der Waals surface area (Å²) in [6.45, 7) is 5.56. The van der Waals surface area contributed by atoms with Crippen LogP contribution < -0.4 is 15.4 Å². The Morgan fingerprint density at radius 3 is 2.46 bits per heavy atom. The van der Waals surface area contributed by atoms with Gasteiger partial charge in [-0.15, -0.1) is 12.4 Å². The van der Waals surface area contributed by atoms with Crippen LogP contribution in [0, 0.1) is 18.7 Å². The molecule has 0 aliphatic carbocycles. The van der Waals surface area contributed by atoms with Crippen molar-refractivity contribution in [2.75, 3.05) is 51.7 Å². The molecule has 2 fully saturated rings. The van der Waals surface area contributed by atoms with E-state index in [1.165, 1.54) is 13.2 Å². The molecular weight excluding hydrogens is 549 g/mol. The van der Waals surface area contributed by atoms with Crippen LogP contribution in [0.25, 0.3) is 16.9 Å². The van der Waals surface area contributed by atoms with Gasteiger partial charge in [0.25, 0.3) is 5.91 Å². The van der Waals surface area contributed by atoms with Gasteiger partial charge in [0.05, 0.1) is 24.9 Å². The summed E-state index contributed by atoms with van der Waals surface area (Å²) in [4.78, 5) is 38.4. The maximum absolute atomic E-state index is 14.3. The third-order valence-electron chi connectivity index (χ3n) is 7.60. The number of rotatable bonds is 6. The fraction of sp³-hybridized carbons (Fsp3) is 0.310. The first-order valence-electron chi connectivity index (χ1n) is 13.3. The molecular formula is C29H31ClFN7O3. The Bertz CT molecular complexity index is 1600. The third-order valence-corrected chi connectivity index (χ3v) is 7.60. The number of amides is 2. The molecule has 0 atom stereocenters. The monoisotopic (exact) mass is 579 g/mol. The molecule has 41 heavy (non-hydrogen) atoms. The summed E-state index contributed by atoms with van der Waals surface area (Å²) in [6.07, 6.45) is 5.10. The lowest BCUT2D eigenvalue weighted by Crippen LogP contribution is -2.57. The molecule has 2 aromatic heterocycles. The lowest BCUT2D eigenvalue weighted by Gasteiger charge is -2.38. The largest absolute Gasteiger partial charge is 0.494 e. The zero-order chi connectivity index (χ0) is 27.8. The third kappa shape index (κ3) is 5.42. The van der Waals surface area contributed by atoms with Crippen molar-refractivity contribution in [2.24, 2.45) is 5.92 Å². The molecule has 2 N–H and O–H groups in total. The standard InChI is InChI=1S/C29H30FN7O3.ClH/c1-18-13-21(4-5-22(18)29(39)36-11-9-35(10-12-36)28(38)20-15-31-16-20)34-26-27-33-17-24(37(27)8-7-32-26)19-3-6-25(40-2)23(30)14-19;/h3-8,13-14,17,20,31H,9-12,15-16H2,1-2H3,(H,32,34);1H. The molecule has 2 aliphatic rings. The van der Waals surface area contributed by atoms with Crippen LogP contribution in [0.1, 0.15) is 15.9 Å². The lowest BCUT2D eigenvalue weighted by molar-refractivity contribution is -0.138. The average molecular weight is 580 g/mol. The molecule has 0 saturated carbocycles. The number of methoxy groups -OCH3 is 1. The number of benzene rings is 2. The molecule has 4 heterocycles. The predicted octanol–water partition coefficient (Wildman–Crippen LogP) is 3.52. The molecule has 214 valence electrons. The van der Waals surface area contributed by atoms with Crippen LogP contribution in [0.4, 0.5) is 15.9 Å². The highest BCUT2D eigenvalue weighted by Crippen LogP contribution is 2.29. The number of anilines is 2. The molecule has 2 aromatic carbocycles. The molecule has 2 aliphatic heterocycles. The van der Waals surface area contributed by atoms with Crippen molar-refractivity contribution in [3.8, 4) is 17.0 Å². The van der Waals surface area contributed by atoms with Gasteiger partial charge < -0.3 is 25.2 Å². The van der Waals surface area contributed by atoms with E-state index in [0.29, 0.717) is 54.5 Å². The molecule has 0 unspecified atom stereocenters. The van der Waals surface area contributed by atoms with E-state index in [9.17, 15) is 14.0 Å². The highest BCUT2D eigenvalue weighted by molar-refractivity contribution is 5.96. The first-order valence-corrected chi connectivity index (χ1v) is 13.3. The average Bonchev–Trinajstić information content (AvgIpc) is 3.37. The highest BCUT2D eigenvalue weighted by atomic mass is 35.5. The van der Waals surface area contributed by atoms with Crippen molar-refractivity contribution < 1.29 is 18.7 Å². The van der Waals surface area contributed by atoms with Crippen molar-refractivity contribution in [3.05, 3.63) is 71.9 Å². The topological polar surface area (TPSA) is 104 Å². The van der Waals surface area contributed by atoms with Crippen molar-refractivity contribution in [1.29, 1.82) is 0 Å². The summed E-state index contributed by atoms with van der Waals surface area (Å²) in [7, 11) is 1.43. The Labute approximate surface area is 242 Å². The van der Waals surface area contributed by atoms with Gasteiger partial charge in [0.2, 0.25) is 5.91 Å². The van der Waals surface area contributed by atoms with Crippen molar-refractivity contribution in [2.45, 2.75) is 6.92 Å². The molecule has 0 bridgehead atoms. The van der Waals surface area contributed by atoms with Crippen LogP contribution in [0.3, 0.4) is 0 Å². The summed E-state index contributed by atoms with van der Waals surface area (Å²) in [5.74, 6) is 0.479. The van der Waals surface area contributed by atoms with Gasteiger partial charge in [-0.3, -0.25) is 14.0 Å². The lowest BCUT2D eigenvalue weighted by atomic mass is 10.0. The molecule has 10 nitrogen and oxygen atoms in total. The first-order chi connectivity index (χ1) is 19.4. The molecule has 0 radical (unpaired) electrons. The fourth-order valence-electron chi connectivity index (χ4n) is 5.19. The number of imidazole rings is 1. The smallest absolute Gasteiger partial charge is 0.254 e. The number of halogens is 2. The summed E-state index contributed by atoms with van der Waals surface area (Å²) < 4.78 is 21.2. The summed E-state index contributed by atoms with van der Waals surface area (Å²) in [6, 6.07) is 10.3. The van der Waals surface area contributed by atoms with Crippen LogP contribution in [-0.4, -0.2) is 82.4 Å². The molecule has 12 heteroatoms. The number of ether oxygens (including phenoxy) is 1. The maximum Gasteiger partial charge on any atom is 0.254 e. The molecule has 0 spiro atoms. The Morgan fingerprint density at radius 1 is 1.05 bits per heavy atom. The van der Waals surface area contributed by atoms with Gasteiger partial charge in [0, 0.05) is 68.5 Å². The van der Waals surface area contributed by atoms with Crippen LogP contribution in [0.2, 0.25) is 0 Å². The minimum Gasteiger partial charge on any atom is -0.494 e. The molecule has 6 rings (SSSR count). The second-order valence-electron chi connectivity index (χ2n) is 10.1. The van der Waals surface area contributed by atoms with Gasteiger partial charge in [-0.2, -0.15) is 0 Å². The zero-order valence-electron chi connectivity index (χ0n) is 22.8. The van der Waals surface area contributed by atoms with Gasteiger partial charge in [0.15, 0.2) is 23.0 Å². The first kappa shape index (κ1) is 28.3. The number of aromatic nitrogens is 3. The Hall–Kier alpha value is -4.22. The van der Waals surface area contributed by atoms with E-state index in [1.54, 1.807) is 30.7 Å². The summed E-state index contributed by atoms with van der Waals surface area (Å²) in [5, 5.41) is 6.44. The highest BCUT2D eigenvalue weighted by Gasteiger charge is 2.32. The van der Waals surface area contributed by atoms with Crippen molar-refractivity contribution in [1.82, 2.24) is 29.5 Å². The second kappa shape index (κ2) is 11.7. The zero-order valence-corrected chi connectivity index (χ0v) is 23.6. The summed E-state index contributed by atoms with van der Waals surface area (Å²) >= 11 is 0. The van der Waals surface area contributed by atoms with Crippen molar-refractivity contribution >= 4 is 41.4 Å². The Kier molecular flexibility index (Phi) is 8.09. The SMILES string of the molecule is COc1ccc(-c2cnc3c(Nc4ccc(C(=O)N5CCN(C(=O)C6CNC6)CC5)c(C)c4)nccn23)cc1F.Cl. The predicted molar refractivity (Wildman–Crippen MR) is 155 cm³/mol. The number of aryl methyl sites for hydroxylation is 1. The minimum atomic E-state index is -0.450. The van der Waals surface area contributed by atoms with Gasteiger partial charge in [0.1, 0.15) is 0 Å². The van der Waals surface area contributed by atoms with E-state index < -0.39 is 5.82 Å². The normalized spacial score (nSPS) is 15.3. The van der Waals surface area contributed by atoms with E-state index >= 15 is 0 Å². The second-order valence-corrected chi connectivity index (χ2v) is 10.1. The number of hydrogen-bond acceptors (Lipinski definition) is 7. The summed E-state index contributed by atoms with van der Waals surface area (Å²) in [5.41, 5.74) is 4.18. The van der Waals surface area contributed by atoms with Crippen LogP contribution in [0.15, 0.2) is 55.0 Å². The molecule has 2 saturated heterocycles. The quantitative estimate of drug-likeness (QED) is 0.360. The minimum absolute atomic E-state index is 0. The number of nitrogens with zero attached hydrogens (tertiary/aromatic N) is 5. The van der Waals surface area contributed by atoms with Crippen LogP contribution in [-0.2, 0) is 4.79 Å². The number of fused-ring (bicyclic) bond motifs is 1. The van der Waals surface area contributed by atoms with Crippen LogP contribution in [0.5, 0.6) is 5.75 Å².